The van der Waals surface area contributed by atoms with Gasteiger partial charge in [-0.1, -0.05) is 0 Å². The fraction of sp³-hybridized carbons (Fsp3) is 0.333. The smallest absolute Gasteiger partial charge is 0.133 e. The lowest BCUT2D eigenvalue weighted by Gasteiger charge is -1.80. The normalized spacial score (nSPS) is 16.9. The molecule has 0 aromatic rings. The molecule has 7 heavy (non-hydrogen) atoms. The first-order valence-electron chi connectivity index (χ1n) is 1.84. The lowest BCUT2D eigenvalue weighted by Crippen LogP contribution is -2.16. The van der Waals surface area contributed by atoms with Crippen LogP contribution in [0.5, 0.6) is 0 Å². The molecule has 38 valence electrons. The Morgan fingerprint density at radius 3 is 3.14 bits per heavy atom. The molecule has 1 aliphatic rings. The zero-order valence-electron chi connectivity index (χ0n) is 3.55. The Bertz CT molecular complexity index is 137. The summed E-state index contributed by atoms with van der Waals surface area (Å²) in [5, 5.41) is 2.68. The molecule has 1 N–H and O–H groups in total. The Morgan fingerprint density at radius 2 is 2.86 bits per heavy atom. The van der Waals surface area contributed by atoms with E-state index in [1.165, 1.54) is 6.34 Å². The summed E-state index contributed by atoms with van der Waals surface area (Å²) in [6.07, 6.45) is 1.53. The van der Waals surface area contributed by atoms with Crippen LogP contribution in [-0.4, -0.2) is 22.1 Å². The van der Waals surface area contributed by atoms with Gasteiger partial charge < -0.3 is 5.32 Å². The second kappa shape index (κ2) is 1.88. The zero-order chi connectivity index (χ0) is 5.11. The van der Waals surface area contributed by atoms with Crippen molar-refractivity contribution in [3.63, 3.8) is 0 Å². The van der Waals surface area contributed by atoms with Gasteiger partial charge in [-0.2, -0.15) is 0 Å². The second-order valence-electron chi connectivity index (χ2n) is 1.12. The minimum absolute atomic E-state index is 0.463. The molecule has 1 aliphatic heterocycles. The molecule has 0 saturated carbocycles. The van der Waals surface area contributed by atoms with Gasteiger partial charge in [0.25, 0.3) is 0 Å². The first-order chi connectivity index (χ1) is 3.43. The second-order valence-corrected chi connectivity index (χ2v) is 1.78. The van der Waals surface area contributed by atoms with Gasteiger partial charge in [-0.3, -0.25) is 4.99 Å². The molecule has 0 aromatic carbocycles. The average Bonchev–Trinajstić information content (AvgIpc) is 2.14. The maximum Gasteiger partial charge on any atom is 0.133 e. The molecule has 0 amide bonds. The van der Waals surface area contributed by atoms with E-state index in [4.69, 9.17) is 0 Å². The van der Waals surface area contributed by atoms with Gasteiger partial charge in [0, 0.05) is 0 Å². The van der Waals surface area contributed by atoms with Crippen molar-refractivity contribution < 1.29 is 4.21 Å². The predicted octanol–water partition coefficient (Wildman–Crippen LogP) is -1.04. The summed E-state index contributed by atoms with van der Waals surface area (Å²) in [5.74, 6) is 0. The lowest BCUT2D eigenvalue weighted by atomic mass is 10.7. The van der Waals surface area contributed by atoms with E-state index in [0.29, 0.717) is 22.8 Å². The number of nitrogens with zero attached hydrogens (tertiary/aromatic N) is 1. The maximum atomic E-state index is 9.87. The highest BCUT2D eigenvalue weighted by atomic mass is 32.1. The Balaban J connectivity index is 2.68. The summed E-state index contributed by atoms with van der Waals surface area (Å²) < 4.78 is 9.87. The molecule has 3 nitrogen and oxygen atoms in total. The zero-order valence-corrected chi connectivity index (χ0v) is 4.36. The van der Waals surface area contributed by atoms with Crippen molar-refractivity contribution in [2.24, 2.45) is 4.99 Å². The van der Waals surface area contributed by atoms with Crippen LogP contribution < -0.4 is 5.32 Å². The standard InChI is InChI=1S/C3H4N2OS/c6-7-3-1-4-2-5-3/h2H,1H2,(H,4,5). The van der Waals surface area contributed by atoms with Crippen LogP contribution in [0.25, 0.3) is 0 Å². The largest absolute Gasteiger partial charge is 0.338 e. The third-order valence-corrected chi connectivity index (χ3v) is 1.10. The number of hydrogen-bond donors (Lipinski definition) is 1. The van der Waals surface area contributed by atoms with E-state index < -0.39 is 0 Å². The molecule has 0 unspecified atom stereocenters. The van der Waals surface area contributed by atoms with Crippen molar-refractivity contribution >= 4 is 22.6 Å². The van der Waals surface area contributed by atoms with E-state index in [0.717, 1.165) is 0 Å². The van der Waals surface area contributed by atoms with Crippen LogP contribution in [0.4, 0.5) is 0 Å². The van der Waals surface area contributed by atoms with Crippen LogP contribution in [0.3, 0.4) is 0 Å². The Kier molecular flexibility index (Phi) is 1.21. The average molecular weight is 116 g/mol. The third kappa shape index (κ3) is 0.866. The van der Waals surface area contributed by atoms with Gasteiger partial charge in [0.2, 0.25) is 0 Å². The first kappa shape index (κ1) is 4.52. The summed E-state index contributed by atoms with van der Waals surface area (Å²) >= 11 is 0.463. The van der Waals surface area contributed by atoms with Crippen LogP contribution >= 0.6 is 0 Å². The van der Waals surface area contributed by atoms with E-state index in [1.54, 1.807) is 0 Å². The monoisotopic (exact) mass is 116 g/mol. The van der Waals surface area contributed by atoms with Crippen LogP contribution in [0.15, 0.2) is 4.99 Å². The summed E-state index contributed by atoms with van der Waals surface area (Å²) in [4.78, 5) is 4.42. The fourth-order valence-electron chi connectivity index (χ4n) is 0.342. The molecular weight excluding hydrogens is 112 g/mol. The van der Waals surface area contributed by atoms with E-state index in [1.807, 2.05) is 0 Å². The highest BCUT2D eigenvalue weighted by Gasteiger charge is 1.96. The van der Waals surface area contributed by atoms with Gasteiger partial charge in [0.05, 0.1) is 12.9 Å². The molecule has 4 heteroatoms. The van der Waals surface area contributed by atoms with Crippen LogP contribution in [0.1, 0.15) is 0 Å². The number of hydrogen-bond acceptors (Lipinski definition) is 2. The molecule has 0 fully saturated rings. The number of aliphatic imine (C=N–C) groups is 1. The number of rotatable bonds is 0. The van der Waals surface area contributed by atoms with Crippen molar-refractivity contribution in [2.45, 2.75) is 0 Å². The van der Waals surface area contributed by atoms with Crippen molar-refractivity contribution in [1.29, 1.82) is 0 Å². The lowest BCUT2D eigenvalue weighted by molar-refractivity contribution is 0.700. The van der Waals surface area contributed by atoms with E-state index in [9.17, 15) is 4.21 Å². The molecule has 0 aliphatic carbocycles. The topological polar surface area (TPSA) is 41.5 Å². The third-order valence-electron chi connectivity index (χ3n) is 0.652. The molecule has 0 saturated heterocycles. The van der Waals surface area contributed by atoms with Gasteiger partial charge in [-0.25, -0.2) is 4.21 Å². The quantitative estimate of drug-likeness (QED) is 0.411. The van der Waals surface area contributed by atoms with Gasteiger partial charge >= 0.3 is 0 Å². The summed E-state index contributed by atoms with van der Waals surface area (Å²) in [6.45, 7) is 0.536. The maximum absolute atomic E-state index is 9.87. The molecule has 1 heterocycles. The van der Waals surface area contributed by atoms with Crippen molar-refractivity contribution in [2.75, 3.05) is 6.54 Å². The Labute approximate surface area is 44.5 Å². The minimum atomic E-state index is 0.463. The van der Waals surface area contributed by atoms with Crippen molar-refractivity contribution in [3.8, 4) is 0 Å². The van der Waals surface area contributed by atoms with Gasteiger partial charge in [-0.05, 0) is 0 Å². The molecule has 0 radical (unpaired) electrons. The summed E-state index contributed by atoms with van der Waals surface area (Å²) in [7, 11) is 0. The van der Waals surface area contributed by atoms with Gasteiger partial charge in [0.1, 0.15) is 16.2 Å². The molecule has 0 bridgehead atoms. The molecular formula is C3H4N2OS. The summed E-state index contributed by atoms with van der Waals surface area (Å²) in [6, 6.07) is 0. The first-order valence-corrected chi connectivity index (χ1v) is 2.58. The molecule has 0 atom stereocenters. The van der Waals surface area contributed by atoms with Crippen molar-refractivity contribution in [1.82, 2.24) is 5.32 Å². The van der Waals surface area contributed by atoms with E-state index in [-0.39, 0.29) is 0 Å². The van der Waals surface area contributed by atoms with E-state index >= 15 is 0 Å². The van der Waals surface area contributed by atoms with Gasteiger partial charge in [0.15, 0.2) is 0 Å². The Morgan fingerprint density at radius 1 is 2.00 bits per heavy atom. The predicted molar refractivity (Wildman–Crippen MR) is 29.6 cm³/mol. The van der Waals surface area contributed by atoms with E-state index in [2.05, 4.69) is 10.3 Å². The SMILES string of the molecule is O=S=C1CN=CN1. The minimum Gasteiger partial charge on any atom is -0.338 e. The van der Waals surface area contributed by atoms with Crippen LogP contribution in [-0.2, 0) is 11.3 Å². The highest BCUT2D eigenvalue weighted by molar-refractivity contribution is 7.66. The van der Waals surface area contributed by atoms with Crippen LogP contribution in [0.2, 0.25) is 0 Å². The molecule has 0 aromatic heterocycles. The fourth-order valence-corrected chi connectivity index (χ4v) is 0.570. The molecule has 0 spiro atoms. The van der Waals surface area contributed by atoms with Crippen LogP contribution in [0, 0.1) is 0 Å². The van der Waals surface area contributed by atoms with Gasteiger partial charge in [-0.15, -0.1) is 0 Å². The highest BCUT2D eigenvalue weighted by Crippen LogP contribution is 1.74. The summed E-state index contributed by atoms with van der Waals surface area (Å²) in [5.41, 5.74) is 0. The number of nitrogens with one attached hydrogen (secondary N) is 1. The van der Waals surface area contributed by atoms with Crippen molar-refractivity contribution in [3.05, 3.63) is 0 Å². The molecule has 1 rings (SSSR count). The Hall–Kier alpha value is -0.640.